The molecule has 1 N–H and O–H groups in total. The quantitative estimate of drug-likeness (QED) is 0.850. The SMILES string of the molecule is CC(NC(=O)CCl)c1ccccc1-c1ccc(F)cc1. The molecule has 4 heteroatoms. The number of halogens is 2. The molecule has 0 saturated carbocycles. The van der Waals surface area contributed by atoms with Gasteiger partial charge in [-0.2, -0.15) is 0 Å². The van der Waals surface area contributed by atoms with E-state index in [-0.39, 0.29) is 23.6 Å². The number of alkyl halides is 1. The van der Waals surface area contributed by atoms with E-state index < -0.39 is 0 Å². The third-order valence-electron chi connectivity index (χ3n) is 3.08. The van der Waals surface area contributed by atoms with Gasteiger partial charge in [0.25, 0.3) is 0 Å². The summed E-state index contributed by atoms with van der Waals surface area (Å²) in [4.78, 5) is 11.4. The molecule has 0 aromatic heterocycles. The smallest absolute Gasteiger partial charge is 0.235 e. The molecule has 20 heavy (non-hydrogen) atoms. The third kappa shape index (κ3) is 3.36. The van der Waals surface area contributed by atoms with Crippen LogP contribution in [0.5, 0.6) is 0 Å². The zero-order valence-corrected chi connectivity index (χ0v) is 11.8. The van der Waals surface area contributed by atoms with Crippen molar-refractivity contribution in [3.63, 3.8) is 0 Å². The van der Waals surface area contributed by atoms with Crippen LogP contribution in [0.25, 0.3) is 11.1 Å². The number of carbonyl (C=O) groups excluding carboxylic acids is 1. The fourth-order valence-electron chi connectivity index (χ4n) is 2.12. The molecule has 0 spiro atoms. The number of nitrogens with one attached hydrogen (secondary N) is 1. The molecule has 0 fully saturated rings. The molecule has 2 rings (SSSR count). The van der Waals surface area contributed by atoms with Gasteiger partial charge < -0.3 is 5.32 Å². The molecule has 2 aromatic rings. The topological polar surface area (TPSA) is 29.1 Å². The highest BCUT2D eigenvalue weighted by atomic mass is 35.5. The summed E-state index contributed by atoms with van der Waals surface area (Å²) in [6, 6.07) is 13.9. The van der Waals surface area contributed by atoms with Gasteiger partial charge in [0.15, 0.2) is 0 Å². The van der Waals surface area contributed by atoms with Crippen LogP contribution in [0.3, 0.4) is 0 Å². The summed E-state index contributed by atoms with van der Waals surface area (Å²) in [5, 5.41) is 2.82. The van der Waals surface area contributed by atoms with Gasteiger partial charge in [-0.05, 0) is 35.7 Å². The van der Waals surface area contributed by atoms with E-state index in [2.05, 4.69) is 5.32 Å². The van der Waals surface area contributed by atoms with Crippen LogP contribution in [0.2, 0.25) is 0 Å². The molecule has 1 unspecified atom stereocenters. The molecule has 104 valence electrons. The van der Waals surface area contributed by atoms with Gasteiger partial charge in [-0.25, -0.2) is 4.39 Å². The average molecular weight is 292 g/mol. The second kappa shape index (κ2) is 6.53. The third-order valence-corrected chi connectivity index (χ3v) is 3.32. The fraction of sp³-hybridized carbons (Fsp3) is 0.188. The Kier molecular flexibility index (Phi) is 4.74. The number of carbonyl (C=O) groups is 1. The zero-order valence-electron chi connectivity index (χ0n) is 11.1. The number of rotatable bonds is 4. The summed E-state index contributed by atoms with van der Waals surface area (Å²) >= 11 is 5.50. The Hall–Kier alpha value is -1.87. The Labute approximate surface area is 122 Å². The Morgan fingerprint density at radius 1 is 1.20 bits per heavy atom. The van der Waals surface area contributed by atoms with Crippen LogP contribution in [0.15, 0.2) is 48.5 Å². The van der Waals surface area contributed by atoms with E-state index in [0.29, 0.717) is 0 Å². The van der Waals surface area contributed by atoms with Crippen molar-refractivity contribution in [1.29, 1.82) is 0 Å². The predicted molar refractivity (Wildman–Crippen MR) is 79.1 cm³/mol. The van der Waals surface area contributed by atoms with E-state index >= 15 is 0 Å². The summed E-state index contributed by atoms with van der Waals surface area (Å²) < 4.78 is 13.0. The maximum absolute atomic E-state index is 13.0. The van der Waals surface area contributed by atoms with Crippen LogP contribution in [0.1, 0.15) is 18.5 Å². The van der Waals surface area contributed by atoms with Crippen LogP contribution >= 0.6 is 11.6 Å². The number of benzene rings is 2. The van der Waals surface area contributed by atoms with E-state index in [0.717, 1.165) is 16.7 Å². The molecular weight excluding hydrogens is 277 g/mol. The lowest BCUT2D eigenvalue weighted by atomic mass is 9.95. The maximum atomic E-state index is 13.0. The Morgan fingerprint density at radius 2 is 1.85 bits per heavy atom. The van der Waals surface area contributed by atoms with E-state index in [1.165, 1.54) is 12.1 Å². The summed E-state index contributed by atoms with van der Waals surface area (Å²) in [6.45, 7) is 1.90. The zero-order chi connectivity index (χ0) is 14.5. The van der Waals surface area contributed by atoms with E-state index in [4.69, 9.17) is 11.6 Å². The second-order valence-corrected chi connectivity index (χ2v) is 4.78. The molecule has 0 aliphatic carbocycles. The van der Waals surface area contributed by atoms with Gasteiger partial charge in [0, 0.05) is 0 Å². The summed E-state index contributed by atoms with van der Waals surface area (Å²) in [5.74, 6) is -0.550. The number of hydrogen-bond donors (Lipinski definition) is 1. The normalized spacial score (nSPS) is 11.9. The molecule has 1 atom stereocenters. The minimum absolute atomic E-state index is 0.0664. The molecule has 2 nitrogen and oxygen atoms in total. The maximum Gasteiger partial charge on any atom is 0.235 e. The number of hydrogen-bond acceptors (Lipinski definition) is 1. The van der Waals surface area contributed by atoms with Gasteiger partial charge >= 0.3 is 0 Å². The Balaban J connectivity index is 2.35. The van der Waals surface area contributed by atoms with Gasteiger partial charge in [-0.1, -0.05) is 36.4 Å². The fourth-order valence-corrected chi connectivity index (χ4v) is 2.20. The molecular formula is C16H15ClFNO. The molecule has 0 aliphatic rings. The lowest BCUT2D eigenvalue weighted by Gasteiger charge is -2.17. The van der Waals surface area contributed by atoms with Crippen molar-refractivity contribution in [2.75, 3.05) is 5.88 Å². The summed E-state index contributed by atoms with van der Waals surface area (Å²) in [6.07, 6.45) is 0. The van der Waals surface area contributed by atoms with Crippen LogP contribution in [0.4, 0.5) is 4.39 Å². The Morgan fingerprint density at radius 3 is 2.50 bits per heavy atom. The van der Waals surface area contributed by atoms with Gasteiger partial charge in [0.05, 0.1) is 6.04 Å². The van der Waals surface area contributed by atoms with Gasteiger partial charge in [0.2, 0.25) is 5.91 Å². The minimum Gasteiger partial charge on any atom is -0.349 e. The predicted octanol–water partition coefficient (Wildman–Crippen LogP) is 3.91. The number of amides is 1. The molecule has 2 aromatic carbocycles. The average Bonchev–Trinajstić information content (AvgIpc) is 2.48. The highest BCUT2D eigenvalue weighted by Crippen LogP contribution is 2.28. The van der Waals surface area contributed by atoms with Crippen LogP contribution < -0.4 is 5.32 Å². The van der Waals surface area contributed by atoms with Crippen molar-refractivity contribution in [3.05, 3.63) is 59.9 Å². The molecule has 0 bridgehead atoms. The second-order valence-electron chi connectivity index (χ2n) is 4.52. The minimum atomic E-state index is -0.269. The van der Waals surface area contributed by atoms with Gasteiger partial charge in [0.1, 0.15) is 11.7 Å². The van der Waals surface area contributed by atoms with Crippen LogP contribution in [-0.4, -0.2) is 11.8 Å². The van der Waals surface area contributed by atoms with Crippen molar-refractivity contribution in [3.8, 4) is 11.1 Å². The van der Waals surface area contributed by atoms with Crippen molar-refractivity contribution in [2.24, 2.45) is 0 Å². The van der Waals surface area contributed by atoms with Gasteiger partial charge in [-0.3, -0.25) is 4.79 Å². The standard InChI is InChI=1S/C16H15ClFNO/c1-11(19-16(20)10-17)14-4-2-3-5-15(14)12-6-8-13(18)9-7-12/h2-9,11H,10H2,1H3,(H,19,20). The first-order chi connectivity index (χ1) is 9.61. The van der Waals surface area contributed by atoms with Crippen molar-refractivity contribution >= 4 is 17.5 Å². The molecule has 0 saturated heterocycles. The lowest BCUT2D eigenvalue weighted by molar-refractivity contribution is -0.119. The van der Waals surface area contributed by atoms with Crippen LogP contribution in [-0.2, 0) is 4.79 Å². The first-order valence-corrected chi connectivity index (χ1v) is 6.85. The van der Waals surface area contributed by atoms with E-state index in [1.54, 1.807) is 12.1 Å². The molecule has 0 heterocycles. The molecule has 0 aliphatic heterocycles. The highest BCUT2D eigenvalue weighted by molar-refractivity contribution is 6.27. The summed E-state index contributed by atoms with van der Waals surface area (Å²) in [7, 11) is 0. The summed E-state index contributed by atoms with van der Waals surface area (Å²) in [5.41, 5.74) is 2.85. The molecule has 1 amide bonds. The Bertz CT molecular complexity index is 598. The first-order valence-electron chi connectivity index (χ1n) is 6.32. The largest absolute Gasteiger partial charge is 0.349 e. The monoisotopic (exact) mass is 291 g/mol. The molecule has 0 radical (unpaired) electrons. The van der Waals surface area contributed by atoms with Crippen LogP contribution in [0, 0.1) is 5.82 Å². The van der Waals surface area contributed by atoms with Crippen molar-refractivity contribution < 1.29 is 9.18 Å². The lowest BCUT2D eigenvalue weighted by Crippen LogP contribution is -2.27. The highest BCUT2D eigenvalue weighted by Gasteiger charge is 2.13. The van der Waals surface area contributed by atoms with E-state index in [1.807, 2.05) is 31.2 Å². The van der Waals surface area contributed by atoms with Gasteiger partial charge in [-0.15, -0.1) is 11.6 Å². The first kappa shape index (κ1) is 14.5. The van der Waals surface area contributed by atoms with Crippen molar-refractivity contribution in [1.82, 2.24) is 5.32 Å². The van der Waals surface area contributed by atoms with Crippen molar-refractivity contribution in [2.45, 2.75) is 13.0 Å². The van der Waals surface area contributed by atoms with E-state index in [9.17, 15) is 9.18 Å².